The molecule has 148 valence electrons. The smallest absolute Gasteiger partial charge is 0.330 e. The molecule has 0 aromatic rings. The number of rotatable bonds is 15. The normalized spacial score (nSPS) is 17.8. The Bertz CT molecular complexity index is 484. The van der Waals surface area contributed by atoms with Crippen molar-refractivity contribution in [3.8, 4) is 0 Å². The zero-order chi connectivity index (χ0) is 19.4. The van der Waals surface area contributed by atoms with Gasteiger partial charge in [-0.25, -0.2) is 4.79 Å². The summed E-state index contributed by atoms with van der Waals surface area (Å²) in [5.41, 5.74) is -0.725. The van der Waals surface area contributed by atoms with Gasteiger partial charge in [0, 0.05) is 12.5 Å². The van der Waals surface area contributed by atoms with Crippen LogP contribution in [0.15, 0.2) is 12.7 Å². The van der Waals surface area contributed by atoms with Crippen LogP contribution in [0.3, 0.4) is 0 Å². The van der Waals surface area contributed by atoms with Crippen molar-refractivity contribution in [2.75, 3.05) is 19.8 Å². The number of hydrogen-bond acceptors (Lipinski definition) is 6. The van der Waals surface area contributed by atoms with Crippen LogP contribution >= 0.6 is 0 Å². The van der Waals surface area contributed by atoms with E-state index in [-0.39, 0.29) is 31.7 Å². The zero-order valence-electron chi connectivity index (χ0n) is 15.5. The fourth-order valence-corrected chi connectivity index (χ4v) is 2.59. The Labute approximate surface area is 154 Å². The van der Waals surface area contributed by atoms with E-state index < -0.39 is 17.4 Å². The second kappa shape index (κ2) is 11.7. The van der Waals surface area contributed by atoms with Crippen LogP contribution in [-0.4, -0.2) is 48.9 Å². The van der Waals surface area contributed by atoms with Gasteiger partial charge in [0.1, 0.15) is 12.7 Å². The number of epoxide rings is 1. The monoisotopic (exact) mass is 370 g/mol. The summed E-state index contributed by atoms with van der Waals surface area (Å²) in [5.74, 6) is -1.58. The molecule has 1 fully saturated rings. The van der Waals surface area contributed by atoms with Gasteiger partial charge in [0.15, 0.2) is 0 Å². The first-order valence-electron chi connectivity index (χ1n) is 9.17. The molecule has 1 N–H and O–H groups in total. The summed E-state index contributed by atoms with van der Waals surface area (Å²) in [7, 11) is 0. The third-order valence-electron chi connectivity index (χ3n) is 4.48. The highest BCUT2D eigenvalue weighted by molar-refractivity contribution is 5.81. The highest BCUT2D eigenvalue weighted by Crippen LogP contribution is 2.31. The molecule has 2 atom stereocenters. The Balaban J connectivity index is 2.37. The standard InChI is InChI=1S/C19H30O7/c1-3-17(22)24-12-11-19(2,18(23)26-14-15-13-25-15)10-8-6-4-5-7-9-16(20)21/h3,15H,1,4-14H2,2H3,(H,20,21). The number of carboxylic acid groups (broad SMARTS) is 1. The maximum Gasteiger partial charge on any atom is 0.330 e. The van der Waals surface area contributed by atoms with Gasteiger partial charge in [-0.15, -0.1) is 0 Å². The van der Waals surface area contributed by atoms with Crippen LogP contribution in [0, 0.1) is 5.41 Å². The summed E-state index contributed by atoms with van der Waals surface area (Å²) in [4.78, 5) is 34.1. The predicted molar refractivity (Wildman–Crippen MR) is 94.5 cm³/mol. The van der Waals surface area contributed by atoms with E-state index in [2.05, 4.69) is 6.58 Å². The lowest BCUT2D eigenvalue weighted by molar-refractivity contribution is -0.158. The van der Waals surface area contributed by atoms with E-state index in [4.69, 9.17) is 19.3 Å². The van der Waals surface area contributed by atoms with Crippen LogP contribution in [0.1, 0.15) is 58.3 Å². The summed E-state index contributed by atoms with van der Waals surface area (Å²) in [6.45, 7) is 6.19. The van der Waals surface area contributed by atoms with E-state index >= 15 is 0 Å². The molecule has 2 unspecified atom stereocenters. The Kier molecular flexibility index (Phi) is 9.95. The fourth-order valence-electron chi connectivity index (χ4n) is 2.59. The van der Waals surface area contributed by atoms with Crippen molar-refractivity contribution >= 4 is 17.9 Å². The molecule has 1 saturated heterocycles. The Hall–Kier alpha value is -1.89. The third kappa shape index (κ3) is 9.56. The molecule has 1 heterocycles. The molecule has 1 aliphatic heterocycles. The average molecular weight is 370 g/mol. The second-order valence-electron chi connectivity index (χ2n) is 6.90. The minimum Gasteiger partial charge on any atom is -0.481 e. The van der Waals surface area contributed by atoms with Gasteiger partial charge in [-0.05, 0) is 26.2 Å². The number of ether oxygens (including phenoxy) is 3. The molecule has 0 aromatic heterocycles. The van der Waals surface area contributed by atoms with E-state index in [1.807, 2.05) is 6.92 Å². The lowest BCUT2D eigenvalue weighted by Crippen LogP contribution is -2.32. The Morgan fingerprint density at radius 3 is 2.42 bits per heavy atom. The topological polar surface area (TPSA) is 102 Å². The van der Waals surface area contributed by atoms with Gasteiger partial charge in [-0.2, -0.15) is 0 Å². The highest BCUT2D eigenvalue weighted by atomic mass is 16.6. The van der Waals surface area contributed by atoms with Crippen molar-refractivity contribution in [2.24, 2.45) is 5.41 Å². The molecule has 0 amide bonds. The third-order valence-corrected chi connectivity index (χ3v) is 4.48. The zero-order valence-corrected chi connectivity index (χ0v) is 15.5. The molecule has 1 rings (SSSR count). The second-order valence-corrected chi connectivity index (χ2v) is 6.90. The first-order chi connectivity index (χ1) is 12.4. The van der Waals surface area contributed by atoms with Crippen molar-refractivity contribution in [1.29, 1.82) is 0 Å². The van der Waals surface area contributed by atoms with Gasteiger partial charge in [-0.3, -0.25) is 9.59 Å². The number of esters is 2. The van der Waals surface area contributed by atoms with Gasteiger partial charge in [0.25, 0.3) is 0 Å². The molecule has 0 spiro atoms. The lowest BCUT2D eigenvalue weighted by Gasteiger charge is -2.27. The molecule has 0 radical (unpaired) electrons. The van der Waals surface area contributed by atoms with Gasteiger partial charge < -0.3 is 19.3 Å². The van der Waals surface area contributed by atoms with Gasteiger partial charge in [0.2, 0.25) is 0 Å². The van der Waals surface area contributed by atoms with Crippen molar-refractivity contribution < 1.29 is 33.7 Å². The first kappa shape index (κ1) is 22.2. The number of carbonyl (C=O) groups excluding carboxylic acids is 2. The molecular weight excluding hydrogens is 340 g/mol. The van der Waals surface area contributed by atoms with Crippen molar-refractivity contribution in [3.05, 3.63) is 12.7 Å². The lowest BCUT2D eigenvalue weighted by atomic mass is 9.81. The van der Waals surface area contributed by atoms with Crippen LogP contribution in [-0.2, 0) is 28.6 Å². The molecule has 0 aromatic carbocycles. The summed E-state index contributed by atoms with van der Waals surface area (Å²) >= 11 is 0. The van der Waals surface area contributed by atoms with Crippen LogP contribution in [0.4, 0.5) is 0 Å². The van der Waals surface area contributed by atoms with E-state index in [9.17, 15) is 14.4 Å². The summed E-state index contributed by atoms with van der Waals surface area (Å²) in [5, 5.41) is 8.61. The summed E-state index contributed by atoms with van der Waals surface area (Å²) in [6, 6.07) is 0. The highest BCUT2D eigenvalue weighted by Gasteiger charge is 2.36. The number of hydrogen-bond donors (Lipinski definition) is 1. The van der Waals surface area contributed by atoms with Crippen LogP contribution in [0.5, 0.6) is 0 Å². The van der Waals surface area contributed by atoms with Crippen LogP contribution in [0.25, 0.3) is 0 Å². The SMILES string of the molecule is C=CC(=O)OCCC(C)(CCCCCCCC(=O)O)C(=O)OCC1CO1. The van der Waals surface area contributed by atoms with E-state index in [1.54, 1.807) is 0 Å². The molecule has 0 bridgehead atoms. The summed E-state index contributed by atoms with van der Waals surface area (Å²) < 4.78 is 15.4. The fraction of sp³-hybridized carbons (Fsp3) is 0.737. The van der Waals surface area contributed by atoms with Crippen molar-refractivity contribution in [1.82, 2.24) is 0 Å². The Morgan fingerprint density at radius 1 is 1.15 bits per heavy atom. The number of carboxylic acids is 1. The molecule has 7 heteroatoms. The Morgan fingerprint density at radius 2 is 1.81 bits per heavy atom. The number of carbonyl (C=O) groups is 3. The molecular formula is C19H30O7. The van der Waals surface area contributed by atoms with Gasteiger partial charge in [-0.1, -0.05) is 32.3 Å². The summed E-state index contributed by atoms with van der Waals surface area (Å²) in [6.07, 6.45) is 6.53. The molecule has 26 heavy (non-hydrogen) atoms. The van der Waals surface area contributed by atoms with Gasteiger partial charge in [0.05, 0.1) is 18.6 Å². The minimum absolute atomic E-state index is 0.0102. The largest absolute Gasteiger partial charge is 0.481 e. The first-order valence-corrected chi connectivity index (χ1v) is 9.17. The maximum atomic E-state index is 12.5. The van der Waals surface area contributed by atoms with Gasteiger partial charge >= 0.3 is 17.9 Å². The van der Waals surface area contributed by atoms with Crippen molar-refractivity contribution in [3.63, 3.8) is 0 Å². The van der Waals surface area contributed by atoms with E-state index in [1.165, 1.54) is 0 Å². The number of unbranched alkanes of at least 4 members (excludes halogenated alkanes) is 4. The molecule has 1 aliphatic rings. The molecule has 0 saturated carbocycles. The maximum absolute atomic E-state index is 12.5. The molecule has 0 aliphatic carbocycles. The van der Waals surface area contributed by atoms with E-state index in [0.717, 1.165) is 31.8 Å². The quantitative estimate of drug-likeness (QED) is 0.205. The minimum atomic E-state index is -0.769. The molecule has 7 nitrogen and oxygen atoms in total. The van der Waals surface area contributed by atoms with Crippen molar-refractivity contribution in [2.45, 2.75) is 64.4 Å². The average Bonchev–Trinajstić information content (AvgIpc) is 3.42. The van der Waals surface area contributed by atoms with Crippen LogP contribution < -0.4 is 0 Å². The van der Waals surface area contributed by atoms with Crippen LogP contribution in [0.2, 0.25) is 0 Å². The predicted octanol–water partition coefficient (Wildman–Crippen LogP) is 2.87. The van der Waals surface area contributed by atoms with E-state index in [0.29, 0.717) is 25.9 Å². The number of aliphatic carboxylic acids is 1.